The topological polar surface area (TPSA) is 104 Å². The van der Waals surface area contributed by atoms with Crippen molar-refractivity contribution < 1.29 is 22.7 Å². The Morgan fingerprint density at radius 3 is 2.26 bits per heavy atom. The average molecular weight is 333 g/mol. The highest BCUT2D eigenvalue weighted by molar-refractivity contribution is 7.90. The molecule has 0 radical (unpaired) electrons. The lowest BCUT2D eigenvalue weighted by atomic mass is 9.99. The summed E-state index contributed by atoms with van der Waals surface area (Å²) in [5.41, 5.74) is 6.17. The van der Waals surface area contributed by atoms with E-state index < -0.39 is 21.7 Å². The minimum absolute atomic E-state index is 0.0693. The molecule has 0 unspecified atom stereocenters. The monoisotopic (exact) mass is 333 g/mol. The van der Waals surface area contributed by atoms with Crippen LogP contribution in [-0.2, 0) is 14.6 Å². The molecular formula is C16H15NO5S. The fraction of sp³-hybridized carbons (Fsp3) is 0.125. The predicted octanol–water partition coefficient (Wildman–Crippen LogP) is 1.78. The van der Waals surface area contributed by atoms with Crippen molar-refractivity contribution in [1.82, 2.24) is 0 Å². The molecule has 6 nitrogen and oxygen atoms in total. The molecule has 0 fully saturated rings. The summed E-state index contributed by atoms with van der Waals surface area (Å²) in [6.45, 7) is 1.23. The first kappa shape index (κ1) is 16.7. The molecule has 0 atom stereocenters. The normalized spacial score (nSPS) is 11.0. The lowest BCUT2D eigenvalue weighted by Crippen LogP contribution is -2.14. The molecule has 0 saturated carbocycles. The number of nitrogens with two attached hydrogens (primary N) is 1. The average Bonchev–Trinajstić information content (AvgIpc) is 2.45. The van der Waals surface area contributed by atoms with Gasteiger partial charge in [-0.1, -0.05) is 18.2 Å². The maximum absolute atomic E-state index is 11.9. The summed E-state index contributed by atoms with van der Waals surface area (Å²) < 4.78 is 28.8. The van der Waals surface area contributed by atoms with Crippen molar-refractivity contribution in [1.29, 1.82) is 0 Å². The lowest BCUT2D eigenvalue weighted by Gasteiger charge is -2.12. The van der Waals surface area contributed by atoms with Crippen molar-refractivity contribution in [3.8, 4) is 16.9 Å². The molecule has 7 heteroatoms. The van der Waals surface area contributed by atoms with Crippen molar-refractivity contribution in [3.05, 3.63) is 48.0 Å². The first-order chi connectivity index (χ1) is 10.7. The molecule has 0 aliphatic carbocycles. The molecule has 2 aromatic rings. The number of carbonyl (C=O) groups is 2. The first-order valence-corrected chi connectivity index (χ1v) is 8.51. The van der Waals surface area contributed by atoms with Gasteiger partial charge >= 0.3 is 5.97 Å². The van der Waals surface area contributed by atoms with E-state index in [1.54, 1.807) is 18.2 Å². The highest BCUT2D eigenvalue weighted by Crippen LogP contribution is 2.32. The Kier molecular flexibility index (Phi) is 4.51. The number of ether oxygens (including phenoxy) is 1. The van der Waals surface area contributed by atoms with Gasteiger partial charge in [-0.05, 0) is 29.8 Å². The predicted molar refractivity (Wildman–Crippen MR) is 84.8 cm³/mol. The van der Waals surface area contributed by atoms with Gasteiger partial charge in [0.15, 0.2) is 9.84 Å². The SMILES string of the molecule is CC(=O)Oc1ccc(-c2ccccc2S(C)(=O)=O)c(C(N)=O)c1. The quantitative estimate of drug-likeness (QED) is 0.678. The molecule has 1 amide bonds. The van der Waals surface area contributed by atoms with Crippen LogP contribution in [0.2, 0.25) is 0 Å². The second-order valence-corrected chi connectivity index (χ2v) is 6.92. The highest BCUT2D eigenvalue weighted by atomic mass is 32.2. The van der Waals surface area contributed by atoms with E-state index in [9.17, 15) is 18.0 Å². The van der Waals surface area contributed by atoms with Gasteiger partial charge < -0.3 is 10.5 Å². The molecule has 0 spiro atoms. The maximum atomic E-state index is 11.9. The fourth-order valence-electron chi connectivity index (χ4n) is 2.20. The molecule has 0 saturated heterocycles. The molecule has 0 bridgehead atoms. The minimum atomic E-state index is -3.49. The third-order valence-electron chi connectivity index (χ3n) is 3.09. The van der Waals surface area contributed by atoms with E-state index in [0.717, 1.165) is 6.26 Å². The van der Waals surface area contributed by atoms with E-state index in [4.69, 9.17) is 10.5 Å². The largest absolute Gasteiger partial charge is 0.427 e. The molecule has 2 aromatic carbocycles. The van der Waals surface area contributed by atoms with Crippen LogP contribution in [0.1, 0.15) is 17.3 Å². The number of carbonyl (C=O) groups excluding carboxylic acids is 2. The standard InChI is InChI=1S/C16H15NO5S/c1-10(18)22-11-7-8-12(14(9-11)16(17)19)13-5-3-4-6-15(13)23(2,20)21/h3-9H,1-2H3,(H2,17,19). The Bertz CT molecular complexity index is 887. The zero-order valence-corrected chi connectivity index (χ0v) is 13.4. The summed E-state index contributed by atoms with van der Waals surface area (Å²) in [5.74, 6) is -1.13. The molecule has 23 heavy (non-hydrogen) atoms. The van der Waals surface area contributed by atoms with Gasteiger partial charge in [0.2, 0.25) is 5.91 Å². The van der Waals surface area contributed by atoms with Gasteiger partial charge in [0.05, 0.1) is 10.5 Å². The molecule has 120 valence electrons. The van der Waals surface area contributed by atoms with Crippen LogP contribution in [0, 0.1) is 0 Å². The van der Waals surface area contributed by atoms with E-state index in [-0.39, 0.29) is 16.2 Å². The maximum Gasteiger partial charge on any atom is 0.308 e. The van der Waals surface area contributed by atoms with Crippen LogP contribution in [0.25, 0.3) is 11.1 Å². The van der Waals surface area contributed by atoms with E-state index in [1.165, 1.54) is 31.2 Å². The fourth-order valence-corrected chi connectivity index (χ4v) is 3.11. The molecule has 0 aliphatic heterocycles. The summed E-state index contributed by atoms with van der Waals surface area (Å²) in [4.78, 5) is 22.8. The van der Waals surface area contributed by atoms with Gasteiger partial charge in [0.1, 0.15) is 5.75 Å². The number of sulfone groups is 1. The van der Waals surface area contributed by atoms with Crippen molar-refractivity contribution in [2.24, 2.45) is 5.73 Å². The van der Waals surface area contributed by atoms with E-state index >= 15 is 0 Å². The van der Waals surface area contributed by atoms with Crippen LogP contribution in [0.3, 0.4) is 0 Å². The lowest BCUT2D eigenvalue weighted by molar-refractivity contribution is -0.131. The summed E-state index contributed by atoms with van der Waals surface area (Å²) >= 11 is 0. The van der Waals surface area contributed by atoms with E-state index in [2.05, 4.69) is 0 Å². The smallest absolute Gasteiger partial charge is 0.308 e. The Morgan fingerprint density at radius 1 is 1.04 bits per heavy atom. The molecule has 2 N–H and O–H groups in total. The number of hydrogen-bond acceptors (Lipinski definition) is 5. The van der Waals surface area contributed by atoms with E-state index in [0.29, 0.717) is 11.1 Å². The Hall–Kier alpha value is -2.67. The molecule has 0 aliphatic rings. The zero-order chi connectivity index (χ0) is 17.2. The second-order valence-electron chi connectivity index (χ2n) is 4.93. The number of benzene rings is 2. The van der Waals surface area contributed by atoms with Crippen LogP contribution < -0.4 is 10.5 Å². The van der Waals surface area contributed by atoms with Gasteiger partial charge in [-0.25, -0.2) is 8.42 Å². The summed E-state index contributed by atoms with van der Waals surface area (Å²) in [6.07, 6.45) is 1.09. The Balaban J connectivity index is 2.70. The zero-order valence-electron chi connectivity index (χ0n) is 12.6. The van der Waals surface area contributed by atoms with Gasteiger partial charge in [-0.15, -0.1) is 0 Å². The summed E-state index contributed by atoms with van der Waals surface area (Å²) in [5, 5.41) is 0. The Morgan fingerprint density at radius 2 is 1.70 bits per heavy atom. The second kappa shape index (κ2) is 6.21. The Labute approximate surface area is 133 Å². The van der Waals surface area contributed by atoms with Crippen LogP contribution in [0.5, 0.6) is 5.75 Å². The van der Waals surface area contributed by atoms with Crippen LogP contribution in [0.4, 0.5) is 0 Å². The number of rotatable bonds is 4. The summed E-state index contributed by atoms with van der Waals surface area (Å²) in [6, 6.07) is 10.6. The third-order valence-corrected chi connectivity index (χ3v) is 4.25. The number of hydrogen-bond donors (Lipinski definition) is 1. The van der Waals surface area contributed by atoms with Crippen molar-refractivity contribution in [2.75, 3.05) is 6.26 Å². The number of esters is 1. The van der Waals surface area contributed by atoms with Crippen molar-refractivity contribution in [3.63, 3.8) is 0 Å². The van der Waals surface area contributed by atoms with Crippen LogP contribution in [-0.4, -0.2) is 26.6 Å². The van der Waals surface area contributed by atoms with Crippen LogP contribution >= 0.6 is 0 Å². The van der Waals surface area contributed by atoms with Crippen molar-refractivity contribution >= 4 is 21.7 Å². The molecule has 2 rings (SSSR count). The molecule has 0 aromatic heterocycles. The van der Waals surface area contributed by atoms with Gasteiger partial charge in [-0.3, -0.25) is 9.59 Å². The van der Waals surface area contributed by atoms with Gasteiger partial charge in [0, 0.05) is 18.7 Å². The third kappa shape index (κ3) is 3.75. The number of primary amides is 1. The van der Waals surface area contributed by atoms with Gasteiger partial charge in [-0.2, -0.15) is 0 Å². The minimum Gasteiger partial charge on any atom is -0.427 e. The summed E-state index contributed by atoms with van der Waals surface area (Å²) in [7, 11) is -3.49. The molecule has 0 heterocycles. The highest BCUT2D eigenvalue weighted by Gasteiger charge is 2.19. The van der Waals surface area contributed by atoms with Crippen LogP contribution in [0.15, 0.2) is 47.4 Å². The first-order valence-electron chi connectivity index (χ1n) is 6.62. The van der Waals surface area contributed by atoms with E-state index in [1.807, 2.05) is 0 Å². The number of amides is 1. The van der Waals surface area contributed by atoms with Gasteiger partial charge in [0.25, 0.3) is 0 Å². The van der Waals surface area contributed by atoms with Crippen molar-refractivity contribution in [2.45, 2.75) is 11.8 Å². The molecular weight excluding hydrogens is 318 g/mol.